The van der Waals surface area contributed by atoms with E-state index < -0.39 is 11.9 Å². The van der Waals surface area contributed by atoms with Crippen LogP contribution in [0.5, 0.6) is 11.5 Å². The van der Waals surface area contributed by atoms with E-state index in [1.54, 1.807) is 24.3 Å². The number of esters is 1. The molecule has 0 heterocycles. The lowest BCUT2D eigenvalue weighted by Gasteiger charge is -2.35. The first-order chi connectivity index (χ1) is 16.7. The van der Waals surface area contributed by atoms with E-state index >= 15 is 0 Å². The minimum Gasteiger partial charge on any atom is -0.421 e. The average molecular weight is 451 g/mol. The summed E-state index contributed by atoms with van der Waals surface area (Å²) in [7, 11) is 0. The minimum absolute atomic E-state index is 0.188. The minimum atomic E-state index is -1.76. The van der Waals surface area contributed by atoms with Crippen molar-refractivity contribution in [1.82, 2.24) is 0 Å². The van der Waals surface area contributed by atoms with E-state index in [9.17, 15) is 4.79 Å². The molecule has 0 amide bonds. The first-order valence-electron chi connectivity index (χ1n) is 11.1. The quantitative estimate of drug-likeness (QED) is 0.152. The van der Waals surface area contributed by atoms with Crippen LogP contribution >= 0.6 is 0 Å². The summed E-state index contributed by atoms with van der Waals surface area (Å²) < 4.78 is 18.5. The van der Waals surface area contributed by atoms with Crippen molar-refractivity contribution in [2.24, 2.45) is 0 Å². The van der Waals surface area contributed by atoms with Crippen molar-refractivity contribution < 1.29 is 19.0 Å². The Bertz CT molecular complexity index is 1090. The highest BCUT2D eigenvalue weighted by Crippen LogP contribution is 2.37. The first kappa shape index (κ1) is 22.9. The van der Waals surface area contributed by atoms with Crippen LogP contribution in [0.1, 0.15) is 23.5 Å². The Labute approximate surface area is 200 Å². The third kappa shape index (κ3) is 5.93. The van der Waals surface area contributed by atoms with E-state index in [1.807, 2.05) is 97.1 Å². The molecule has 0 aromatic heterocycles. The molecule has 0 bridgehead atoms. The largest absolute Gasteiger partial charge is 0.421 e. The molecule has 0 fully saturated rings. The van der Waals surface area contributed by atoms with Crippen LogP contribution in [0.3, 0.4) is 0 Å². The highest BCUT2D eigenvalue weighted by molar-refractivity contribution is 5.81. The van der Waals surface area contributed by atoms with Crippen LogP contribution in [0, 0.1) is 0 Å². The monoisotopic (exact) mass is 450 g/mol. The predicted octanol–water partition coefficient (Wildman–Crippen LogP) is 6.75. The second kappa shape index (κ2) is 11.0. The molecule has 0 radical (unpaired) electrons. The fourth-order valence-corrected chi connectivity index (χ4v) is 3.77. The number of rotatable bonds is 10. The van der Waals surface area contributed by atoms with E-state index in [0.717, 1.165) is 17.2 Å². The van der Waals surface area contributed by atoms with Gasteiger partial charge in [0, 0.05) is 12.0 Å². The molecule has 0 atom stereocenters. The Morgan fingerprint density at radius 1 is 0.676 bits per heavy atom. The fourth-order valence-electron chi connectivity index (χ4n) is 3.77. The van der Waals surface area contributed by atoms with Crippen LogP contribution in [-0.4, -0.2) is 11.9 Å². The summed E-state index contributed by atoms with van der Waals surface area (Å²) >= 11 is 0. The molecule has 34 heavy (non-hydrogen) atoms. The molecule has 0 aliphatic carbocycles. The second-order valence-corrected chi connectivity index (χ2v) is 7.72. The Morgan fingerprint density at radius 3 is 1.44 bits per heavy atom. The van der Waals surface area contributed by atoms with E-state index in [-0.39, 0.29) is 12.3 Å². The number of carbonyl (C=O) groups is 1. The molecule has 4 aromatic rings. The lowest BCUT2D eigenvalue weighted by Crippen LogP contribution is -2.48. The molecule has 4 aromatic carbocycles. The zero-order valence-electron chi connectivity index (χ0n) is 18.7. The number of hydrogen-bond donors (Lipinski definition) is 0. The number of ether oxygens (including phenoxy) is 3. The summed E-state index contributed by atoms with van der Waals surface area (Å²) in [5.41, 5.74) is 2.09. The van der Waals surface area contributed by atoms with Gasteiger partial charge in [0.1, 0.15) is 11.5 Å². The van der Waals surface area contributed by atoms with E-state index in [1.165, 1.54) is 0 Å². The molecule has 4 heteroatoms. The van der Waals surface area contributed by atoms with Crippen molar-refractivity contribution >= 4 is 5.97 Å². The van der Waals surface area contributed by atoms with Crippen LogP contribution in [0.25, 0.3) is 0 Å². The van der Waals surface area contributed by atoms with Gasteiger partial charge in [-0.2, -0.15) is 0 Å². The normalized spacial score (nSPS) is 11.0. The first-order valence-corrected chi connectivity index (χ1v) is 11.1. The van der Waals surface area contributed by atoms with Gasteiger partial charge in [-0.3, -0.25) is 0 Å². The highest BCUT2D eigenvalue weighted by Gasteiger charge is 2.43. The number of benzene rings is 4. The fraction of sp³-hybridized carbons (Fsp3) is 0.100. The van der Waals surface area contributed by atoms with E-state index in [4.69, 9.17) is 14.2 Å². The standard InChI is InChI=1S/C30H26O4/c1-2-29(31)34-30(32-26-19-11-5-12-20-26,33-27-21-13-6-14-22-27)23-28(24-15-7-3-8-16-24)25-17-9-4-10-18-25/h2-22,28H,1,23H2. The van der Waals surface area contributed by atoms with Gasteiger partial charge >= 0.3 is 11.9 Å². The molecule has 0 unspecified atom stereocenters. The molecule has 0 aliphatic heterocycles. The summed E-state index contributed by atoms with van der Waals surface area (Å²) in [6.07, 6.45) is 1.31. The average Bonchev–Trinajstić information content (AvgIpc) is 2.89. The zero-order chi connectivity index (χ0) is 23.6. The third-order valence-corrected chi connectivity index (χ3v) is 5.31. The van der Waals surface area contributed by atoms with Gasteiger partial charge < -0.3 is 14.2 Å². The molecule has 4 rings (SSSR count). The van der Waals surface area contributed by atoms with E-state index in [2.05, 4.69) is 6.58 Å². The molecule has 0 saturated carbocycles. The van der Waals surface area contributed by atoms with Crippen molar-refractivity contribution in [2.75, 3.05) is 0 Å². The second-order valence-electron chi connectivity index (χ2n) is 7.72. The molecular formula is C30H26O4. The topological polar surface area (TPSA) is 44.8 Å². The molecule has 170 valence electrons. The van der Waals surface area contributed by atoms with Gasteiger partial charge in [-0.1, -0.05) is 104 Å². The summed E-state index contributed by atoms with van der Waals surface area (Å²) in [6.45, 7) is 3.57. The lowest BCUT2D eigenvalue weighted by atomic mass is 9.87. The Balaban J connectivity index is 1.82. The van der Waals surface area contributed by atoms with Crippen LogP contribution in [0.2, 0.25) is 0 Å². The molecule has 0 saturated heterocycles. The van der Waals surface area contributed by atoms with Gasteiger partial charge in [-0.25, -0.2) is 4.79 Å². The van der Waals surface area contributed by atoms with Gasteiger partial charge in [0.15, 0.2) is 0 Å². The van der Waals surface area contributed by atoms with Crippen LogP contribution in [0.4, 0.5) is 0 Å². The van der Waals surface area contributed by atoms with Crippen molar-refractivity contribution in [3.63, 3.8) is 0 Å². The van der Waals surface area contributed by atoms with Crippen molar-refractivity contribution in [3.8, 4) is 11.5 Å². The van der Waals surface area contributed by atoms with Gasteiger partial charge in [-0.15, -0.1) is 0 Å². The van der Waals surface area contributed by atoms with Crippen LogP contribution < -0.4 is 9.47 Å². The lowest BCUT2D eigenvalue weighted by molar-refractivity contribution is -0.287. The maximum Gasteiger partial charge on any atom is 0.420 e. The van der Waals surface area contributed by atoms with Crippen molar-refractivity contribution in [1.29, 1.82) is 0 Å². The molecule has 0 N–H and O–H groups in total. The van der Waals surface area contributed by atoms with Gasteiger partial charge in [0.25, 0.3) is 0 Å². The Morgan fingerprint density at radius 2 is 1.06 bits per heavy atom. The summed E-state index contributed by atoms with van der Waals surface area (Å²) in [6, 6.07) is 38.4. The van der Waals surface area contributed by atoms with E-state index in [0.29, 0.717) is 11.5 Å². The van der Waals surface area contributed by atoms with Gasteiger partial charge in [-0.05, 0) is 35.4 Å². The highest BCUT2D eigenvalue weighted by atomic mass is 16.9. The number of hydrogen-bond acceptors (Lipinski definition) is 4. The van der Waals surface area contributed by atoms with Crippen LogP contribution in [-0.2, 0) is 9.53 Å². The van der Waals surface area contributed by atoms with Crippen molar-refractivity contribution in [3.05, 3.63) is 145 Å². The summed E-state index contributed by atoms with van der Waals surface area (Å²) in [5.74, 6) is -1.57. The van der Waals surface area contributed by atoms with Gasteiger partial charge in [0.2, 0.25) is 0 Å². The SMILES string of the molecule is C=CC(=O)OC(CC(c1ccccc1)c1ccccc1)(Oc1ccccc1)Oc1ccccc1. The predicted molar refractivity (Wildman–Crippen MR) is 133 cm³/mol. The molecule has 0 aliphatic rings. The summed E-state index contributed by atoms with van der Waals surface area (Å²) in [4.78, 5) is 12.6. The maximum atomic E-state index is 12.6. The third-order valence-electron chi connectivity index (χ3n) is 5.31. The molecular weight excluding hydrogens is 424 g/mol. The number of carbonyl (C=O) groups excluding carboxylic acids is 1. The number of para-hydroxylation sites is 2. The summed E-state index contributed by atoms with van der Waals surface area (Å²) in [5, 5.41) is 0. The zero-order valence-corrected chi connectivity index (χ0v) is 18.7. The Kier molecular flexibility index (Phi) is 7.41. The maximum absolute atomic E-state index is 12.6. The molecule has 4 nitrogen and oxygen atoms in total. The van der Waals surface area contributed by atoms with Crippen molar-refractivity contribution in [2.45, 2.75) is 18.3 Å². The van der Waals surface area contributed by atoms with Crippen LogP contribution in [0.15, 0.2) is 134 Å². The smallest absolute Gasteiger partial charge is 0.420 e. The Hall–Kier alpha value is -4.31. The van der Waals surface area contributed by atoms with Gasteiger partial charge in [0.05, 0.1) is 6.42 Å². The molecule has 0 spiro atoms.